The lowest BCUT2D eigenvalue weighted by Crippen LogP contribution is -2.03. The summed E-state index contributed by atoms with van der Waals surface area (Å²) in [6.07, 6.45) is 3.49. The van der Waals surface area contributed by atoms with E-state index in [1.165, 1.54) is 12.2 Å². The molecular weight excluding hydrogens is 403 g/mol. The smallest absolute Gasteiger partial charge is 0.305 e. The van der Waals surface area contributed by atoms with E-state index in [9.17, 15) is 4.79 Å². The Morgan fingerprint density at radius 1 is 1.56 bits per heavy atom. The number of esters is 1. The fraction of sp³-hybridized carbons (Fsp3) is 0.545. The second-order valence-corrected chi connectivity index (χ2v) is 7.63. The molecule has 0 radical (unpaired) electrons. The van der Waals surface area contributed by atoms with Crippen LogP contribution in [-0.2, 0) is 16.0 Å². The number of hydrogen-bond donors (Lipinski definition) is 0. The summed E-state index contributed by atoms with van der Waals surface area (Å²) in [5, 5.41) is 0. The molecule has 1 rings (SSSR count). The molecule has 0 bridgehead atoms. The third kappa shape index (κ3) is 5.14. The monoisotopic (exact) mass is 416 g/mol. The SMILES string of the molecule is CCOC(=O)CCCCc1cc(I)sc1Br. The van der Waals surface area contributed by atoms with Crippen LogP contribution in [0.5, 0.6) is 0 Å². The molecule has 0 aliphatic rings. The van der Waals surface area contributed by atoms with Crippen LogP contribution < -0.4 is 0 Å². The van der Waals surface area contributed by atoms with Gasteiger partial charge in [0.1, 0.15) is 0 Å². The molecule has 2 nitrogen and oxygen atoms in total. The first-order valence-electron chi connectivity index (χ1n) is 5.22. The molecule has 1 aromatic rings. The first kappa shape index (κ1) is 14.4. The van der Waals surface area contributed by atoms with Crippen molar-refractivity contribution in [3.63, 3.8) is 0 Å². The summed E-state index contributed by atoms with van der Waals surface area (Å²) in [5.74, 6) is -0.0820. The van der Waals surface area contributed by atoms with Gasteiger partial charge in [-0.25, -0.2) is 0 Å². The standard InChI is InChI=1S/C11H14BrIO2S/c1-2-15-10(14)6-4-3-5-8-7-9(13)16-11(8)12/h7H,2-6H2,1H3. The predicted octanol–water partition coefficient (Wildman–Crippen LogP) is 4.39. The van der Waals surface area contributed by atoms with Gasteiger partial charge in [0, 0.05) is 6.42 Å². The molecule has 0 saturated carbocycles. The number of unbranched alkanes of at least 4 members (excludes halogenated alkanes) is 1. The molecule has 0 spiro atoms. The topological polar surface area (TPSA) is 26.3 Å². The van der Waals surface area contributed by atoms with Crippen LogP contribution in [0.15, 0.2) is 9.85 Å². The Hall–Kier alpha value is 0.380. The second kappa shape index (κ2) is 7.66. The highest BCUT2D eigenvalue weighted by Crippen LogP contribution is 2.30. The molecule has 90 valence electrons. The Kier molecular flexibility index (Phi) is 6.91. The molecule has 16 heavy (non-hydrogen) atoms. The molecule has 0 atom stereocenters. The second-order valence-electron chi connectivity index (χ2n) is 3.36. The molecule has 1 heterocycles. The van der Waals surface area contributed by atoms with Crippen LogP contribution in [0.2, 0.25) is 0 Å². The molecule has 0 aliphatic heterocycles. The maximum absolute atomic E-state index is 11.1. The Bertz CT molecular complexity index is 352. The van der Waals surface area contributed by atoms with Gasteiger partial charge < -0.3 is 4.74 Å². The first-order chi connectivity index (χ1) is 7.63. The zero-order valence-corrected chi connectivity index (χ0v) is 13.7. The van der Waals surface area contributed by atoms with Crippen molar-refractivity contribution in [2.24, 2.45) is 0 Å². The van der Waals surface area contributed by atoms with Crippen molar-refractivity contribution in [1.29, 1.82) is 0 Å². The Morgan fingerprint density at radius 3 is 2.88 bits per heavy atom. The van der Waals surface area contributed by atoms with Crippen molar-refractivity contribution in [2.45, 2.75) is 32.6 Å². The third-order valence-corrected chi connectivity index (χ3v) is 4.83. The van der Waals surface area contributed by atoms with Crippen molar-refractivity contribution in [3.8, 4) is 0 Å². The average Bonchev–Trinajstić information content (AvgIpc) is 2.53. The molecule has 1 aromatic heterocycles. The maximum Gasteiger partial charge on any atom is 0.305 e. The van der Waals surface area contributed by atoms with E-state index in [1.54, 1.807) is 11.3 Å². The molecule has 5 heteroatoms. The van der Waals surface area contributed by atoms with Gasteiger partial charge in [-0.05, 0) is 76.3 Å². The zero-order valence-electron chi connectivity index (χ0n) is 9.09. The van der Waals surface area contributed by atoms with Gasteiger partial charge in [0.25, 0.3) is 0 Å². The van der Waals surface area contributed by atoms with Crippen LogP contribution in [0.4, 0.5) is 0 Å². The number of hydrogen-bond acceptors (Lipinski definition) is 3. The summed E-state index contributed by atoms with van der Waals surface area (Å²) < 4.78 is 7.39. The molecule has 0 N–H and O–H groups in total. The van der Waals surface area contributed by atoms with Crippen LogP contribution >= 0.6 is 49.9 Å². The maximum atomic E-state index is 11.1. The predicted molar refractivity (Wildman–Crippen MR) is 78.9 cm³/mol. The summed E-state index contributed by atoms with van der Waals surface area (Å²) in [6.45, 7) is 2.31. The number of ether oxygens (including phenoxy) is 1. The largest absolute Gasteiger partial charge is 0.466 e. The van der Waals surface area contributed by atoms with Gasteiger partial charge in [-0.15, -0.1) is 11.3 Å². The minimum atomic E-state index is -0.0820. The number of rotatable bonds is 6. The molecular formula is C11H14BrIO2S. The summed E-state index contributed by atoms with van der Waals surface area (Å²) in [6, 6.07) is 2.19. The van der Waals surface area contributed by atoms with Crippen molar-refractivity contribution in [2.75, 3.05) is 6.61 Å². The van der Waals surface area contributed by atoms with Gasteiger partial charge in [-0.1, -0.05) is 0 Å². The number of thiophene rings is 1. The molecule has 0 saturated heterocycles. The van der Waals surface area contributed by atoms with E-state index in [1.807, 2.05) is 6.92 Å². The average molecular weight is 417 g/mol. The Labute approximate surface area is 122 Å². The van der Waals surface area contributed by atoms with Gasteiger partial charge in [0.2, 0.25) is 0 Å². The fourth-order valence-corrected chi connectivity index (χ4v) is 4.81. The molecule has 0 amide bonds. The van der Waals surface area contributed by atoms with E-state index in [0.29, 0.717) is 13.0 Å². The Balaban J connectivity index is 2.21. The van der Waals surface area contributed by atoms with Crippen LogP contribution in [0, 0.1) is 2.88 Å². The summed E-state index contributed by atoms with van der Waals surface area (Å²) in [4.78, 5) is 11.1. The van der Waals surface area contributed by atoms with E-state index in [4.69, 9.17) is 4.74 Å². The van der Waals surface area contributed by atoms with E-state index >= 15 is 0 Å². The number of aryl methyl sites for hydroxylation is 1. The number of carbonyl (C=O) groups excluding carboxylic acids is 1. The summed E-state index contributed by atoms with van der Waals surface area (Å²) in [5.41, 5.74) is 1.35. The lowest BCUT2D eigenvalue weighted by Gasteiger charge is -2.01. The quantitative estimate of drug-likeness (QED) is 0.390. The molecule has 0 aromatic carbocycles. The van der Waals surface area contributed by atoms with Crippen molar-refractivity contribution < 1.29 is 9.53 Å². The lowest BCUT2D eigenvalue weighted by atomic mass is 10.1. The van der Waals surface area contributed by atoms with Crippen LogP contribution in [0.3, 0.4) is 0 Å². The molecule has 0 unspecified atom stereocenters. The first-order valence-corrected chi connectivity index (χ1v) is 7.91. The minimum Gasteiger partial charge on any atom is -0.466 e. The number of halogens is 2. The van der Waals surface area contributed by atoms with Crippen LogP contribution in [-0.4, -0.2) is 12.6 Å². The summed E-state index contributed by atoms with van der Waals surface area (Å²) in [7, 11) is 0. The zero-order chi connectivity index (χ0) is 12.0. The van der Waals surface area contributed by atoms with E-state index in [-0.39, 0.29) is 5.97 Å². The minimum absolute atomic E-state index is 0.0820. The Morgan fingerprint density at radius 2 is 2.31 bits per heavy atom. The highest BCUT2D eigenvalue weighted by Gasteiger charge is 2.06. The van der Waals surface area contributed by atoms with Gasteiger partial charge in [0.05, 0.1) is 13.3 Å². The van der Waals surface area contributed by atoms with Gasteiger partial charge >= 0.3 is 5.97 Å². The van der Waals surface area contributed by atoms with Crippen molar-refractivity contribution in [3.05, 3.63) is 18.3 Å². The van der Waals surface area contributed by atoms with Gasteiger partial charge in [-0.2, -0.15) is 0 Å². The van der Waals surface area contributed by atoms with Crippen molar-refractivity contribution in [1.82, 2.24) is 0 Å². The van der Waals surface area contributed by atoms with E-state index < -0.39 is 0 Å². The third-order valence-electron chi connectivity index (χ3n) is 2.11. The van der Waals surface area contributed by atoms with E-state index in [0.717, 1.165) is 19.3 Å². The van der Waals surface area contributed by atoms with Gasteiger partial charge in [-0.3, -0.25) is 4.79 Å². The highest BCUT2D eigenvalue weighted by atomic mass is 127. The fourth-order valence-electron chi connectivity index (χ4n) is 1.36. The lowest BCUT2D eigenvalue weighted by molar-refractivity contribution is -0.143. The normalized spacial score (nSPS) is 10.4. The van der Waals surface area contributed by atoms with Crippen molar-refractivity contribution >= 4 is 55.8 Å². The molecule has 0 aliphatic carbocycles. The number of carbonyl (C=O) groups is 1. The summed E-state index contributed by atoms with van der Waals surface area (Å²) >= 11 is 7.62. The van der Waals surface area contributed by atoms with Crippen LogP contribution in [0.25, 0.3) is 0 Å². The molecule has 0 fully saturated rings. The van der Waals surface area contributed by atoms with E-state index in [2.05, 4.69) is 44.6 Å². The van der Waals surface area contributed by atoms with Gasteiger partial charge in [0.15, 0.2) is 0 Å². The van der Waals surface area contributed by atoms with Crippen LogP contribution in [0.1, 0.15) is 31.7 Å². The highest BCUT2D eigenvalue weighted by molar-refractivity contribution is 14.1.